The summed E-state index contributed by atoms with van der Waals surface area (Å²) < 4.78 is 5.36. The number of hydrogen-bond acceptors (Lipinski definition) is 3. The zero-order valence-corrected chi connectivity index (χ0v) is 5.76. The van der Waals surface area contributed by atoms with Crippen LogP contribution in [0.15, 0.2) is 0 Å². The van der Waals surface area contributed by atoms with Crippen molar-refractivity contribution in [3.63, 3.8) is 0 Å². The van der Waals surface area contributed by atoms with Gasteiger partial charge in [0.1, 0.15) is 0 Å². The molecule has 3 nitrogen and oxygen atoms in total. The van der Waals surface area contributed by atoms with Crippen LogP contribution in [0.2, 0.25) is 0 Å². The van der Waals surface area contributed by atoms with Crippen molar-refractivity contribution in [2.24, 2.45) is 11.8 Å². The number of nitrogens with two attached hydrogens (primary N) is 1. The summed E-state index contributed by atoms with van der Waals surface area (Å²) in [4.78, 5) is 0. The number of hydrazine groups is 1. The highest BCUT2D eigenvalue weighted by atomic mass is 16.5. The summed E-state index contributed by atoms with van der Waals surface area (Å²) in [5, 5.41) is 0. The molecule has 1 aliphatic rings. The molecule has 2 atom stereocenters. The van der Waals surface area contributed by atoms with Crippen molar-refractivity contribution in [3.05, 3.63) is 0 Å². The maximum Gasteiger partial charge on any atom is 0.0716 e. The Labute approximate surface area is 55.5 Å². The number of nitrogens with one attached hydrogen (secondary N) is 1. The molecule has 3 N–H and O–H groups in total. The van der Waals surface area contributed by atoms with Crippen LogP contribution in [0.3, 0.4) is 0 Å². The van der Waals surface area contributed by atoms with Crippen LogP contribution in [-0.4, -0.2) is 19.3 Å². The van der Waals surface area contributed by atoms with Gasteiger partial charge in [-0.25, -0.2) is 0 Å². The molecule has 0 aromatic heterocycles. The predicted octanol–water partition coefficient (Wildman–Crippen LogP) is -0.125. The van der Waals surface area contributed by atoms with Gasteiger partial charge in [0.25, 0.3) is 0 Å². The van der Waals surface area contributed by atoms with Crippen LogP contribution in [0.1, 0.15) is 13.3 Å². The van der Waals surface area contributed by atoms with E-state index in [0.29, 0.717) is 12.0 Å². The molecule has 0 amide bonds. The minimum absolute atomic E-state index is 0.352. The number of rotatable bonds is 2. The van der Waals surface area contributed by atoms with Crippen molar-refractivity contribution in [2.75, 3.05) is 13.2 Å². The zero-order valence-electron chi connectivity index (χ0n) is 5.76. The van der Waals surface area contributed by atoms with E-state index in [1.165, 1.54) is 0 Å². The molecule has 1 saturated heterocycles. The monoisotopic (exact) mass is 130 g/mol. The first-order valence-corrected chi connectivity index (χ1v) is 3.38. The van der Waals surface area contributed by atoms with Crippen LogP contribution < -0.4 is 11.3 Å². The second-order valence-corrected chi connectivity index (χ2v) is 2.70. The third kappa shape index (κ3) is 1.93. The van der Waals surface area contributed by atoms with Gasteiger partial charge in [-0.15, -0.1) is 0 Å². The highest BCUT2D eigenvalue weighted by Crippen LogP contribution is 2.17. The van der Waals surface area contributed by atoms with E-state index >= 15 is 0 Å². The molecule has 54 valence electrons. The molecule has 0 aromatic rings. The Morgan fingerprint density at radius 3 is 3.00 bits per heavy atom. The fourth-order valence-corrected chi connectivity index (χ4v) is 1.16. The molecule has 9 heavy (non-hydrogen) atoms. The van der Waals surface area contributed by atoms with Crippen molar-refractivity contribution in [1.29, 1.82) is 0 Å². The predicted molar refractivity (Wildman–Crippen MR) is 35.7 cm³/mol. The van der Waals surface area contributed by atoms with Crippen molar-refractivity contribution in [2.45, 2.75) is 19.4 Å². The Hall–Kier alpha value is -0.120. The fraction of sp³-hybridized carbons (Fsp3) is 1.00. The zero-order chi connectivity index (χ0) is 6.69. The number of ether oxygens (including phenoxy) is 1. The van der Waals surface area contributed by atoms with Crippen LogP contribution in [0, 0.1) is 5.92 Å². The van der Waals surface area contributed by atoms with Gasteiger partial charge in [-0.2, -0.15) is 0 Å². The summed E-state index contributed by atoms with van der Waals surface area (Å²) in [5.41, 5.74) is 2.61. The van der Waals surface area contributed by atoms with E-state index in [-0.39, 0.29) is 0 Å². The average molecular weight is 130 g/mol. The Bertz CT molecular complexity index is 85.1. The Morgan fingerprint density at radius 2 is 2.56 bits per heavy atom. The number of hydrogen-bond donors (Lipinski definition) is 2. The minimum atomic E-state index is 0.352. The van der Waals surface area contributed by atoms with Gasteiger partial charge < -0.3 is 4.74 Å². The van der Waals surface area contributed by atoms with Crippen molar-refractivity contribution in [3.8, 4) is 0 Å². The van der Waals surface area contributed by atoms with Crippen LogP contribution in [0.4, 0.5) is 0 Å². The summed E-state index contributed by atoms with van der Waals surface area (Å²) in [6.07, 6.45) is 1.49. The van der Waals surface area contributed by atoms with Crippen molar-refractivity contribution >= 4 is 0 Å². The molecule has 0 aromatic carbocycles. The molecule has 1 heterocycles. The molecule has 0 spiro atoms. The molecule has 3 heteroatoms. The third-order valence-corrected chi connectivity index (χ3v) is 1.63. The average Bonchev–Trinajstić information content (AvgIpc) is 2.17. The lowest BCUT2D eigenvalue weighted by Crippen LogP contribution is -2.31. The highest BCUT2D eigenvalue weighted by molar-refractivity contribution is 4.70. The van der Waals surface area contributed by atoms with E-state index in [2.05, 4.69) is 12.3 Å². The largest absolute Gasteiger partial charge is 0.377 e. The van der Waals surface area contributed by atoms with Crippen molar-refractivity contribution < 1.29 is 4.74 Å². The quantitative estimate of drug-likeness (QED) is 0.404. The van der Waals surface area contributed by atoms with Gasteiger partial charge in [-0.05, 0) is 12.3 Å². The summed E-state index contributed by atoms with van der Waals surface area (Å²) in [7, 11) is 0. The van der Waals surface area contributed by atoms with E-state index in [4.69, 9.17) is 10.6 Å². The van der Waals surface area contributed by atoms with Gasteiger partial charge in [0.2, 0.25) is 0 Å². The van der Waals surface area contributed by atoms with Crippen LogP contribution >= 0.6 is 0 Å². The Morgan fingerprint density at radius 1 is 1.78 bits per heavy atom. The summed E-state index contributed by atoms with van der Waals surface area (Å²) in [6.45, 7) is 3.87. The summed E-state index contributed by atoms with van der Waals surface area (Å²) in [5.74, 6) is 5.84. The minimum Gasteiger partial charge on any atom is -0.377 e. The highest BCUT2D eigenvalue weighted by Gasteiger charge is 2.20. The van der Waals surface area contributed by atoms with Crippen molar-refractivity contribution in [1.82, 2.24) is 5.43 Å². The first-order chi connectivity index (χ1) is 4.33. The lowest BCUT2D eigenvalue weighted by Gasteiger charge is -2.05. The topological polar surface area (TPSA) is 47.3 Å². The summed E-state index contributed by atoms with van der Waals surface area (Å²) >= 11 is 0. The smallest absolute Gasteiger partial charge is 0.0716 e. The van der Waals surface area contributed by atoms with E-state index in [1.807, 2.05) is 0 Å². The molecule has 1 aliphatic heterocycles. The molecule has 0 saturated carbocycles. The molecule has 0 unspecified atom stereocenters. The molecule has 0 aliphatic carbocycles. The lowest BCUT2D eigenvalue weighted by atomic mass is 10.1. The van der Waals surface area contributed by atoms with Crippen LogP contribution in [-0.2, 0) is 4.74 Å². The lowest BCUT2D eigenvalue weighted by molar-refractivity contribution is 0.107. The molecule has 1 fully saturated rings. The fourth-order valence-electron chi connectivity index (χ4n) is 1.16. The van der Waals surface area contributed by atoms with E-state index in [1.54, 1.807) is 0 Å². The van der Waals surface area contributed by atoms with E-state index in [9.17, 15) is 0 Å². The van der Waals surface area contributed by atoms with Gasteiger partial charge >= 0.3 is 0 Å². The van der Waals surface area contributed by atoms with Gasteiger partial charge in [0, 0.05) is 13.2 Å². The van der Waals surface area contributed by atoms with Crippen LogP contribution in [0.5, 0.6) is 0 Å². The molecule has 0 radical (unpaired) electrons. The first-order valence-electron chi connectivity index (χ1n) is 3.38. The normalized spacial score (nSPS) is 35.3. The summed E-state index contributed by atoms with van der Waals surface area (Å²) in [6, 6.07) is 0. The second kappa shape index (κ2) is 3.15. The molecular weight excluding hydrogens is 116 g/mol. The molecule has 1 rings (SSSR count). The standard InChI is InChI=1S/C6H14N2O/c1-5-2-6(3-8-7)9-4-5/h5-6,8H,2-4,7H2,1H3/t5-,6-/m0/s1. The molecule has 0 bridgehead atoms. The third-order valence-electron chi connectivity index (χ3n) is 1.63. The van der Waals surface area contributed by atoms with Gasteiger partial charge in [-0.3, -0.25) is 11.3 Å². The van der Waals surface area contributed by atoms with E-state index < -0.39 is 0 Å². The SMILES string of the molecule is C[C@@H]1CO[C@H](CNN)C1. The first kappa shape index (κ1) is 6.99. The maximum atomic E-state index is 5.36. The Balaban J connectivity index is 2.14. The Kier molecular flexibility index (Phi) is 2.45. The van der Waals surface area contributed by atoms with Gasteiger partial charge in [-0.1, -0.05) is 6.92 Å². The van der Waals surface area contributed by atoms with E-state index in [0.717, 1.165) is 19.6 Å². The van der Waals surface area contributed by atoms with Gasteiger partial charge in [0.15, 0.2) is 0 Å². The van der Waals surface area contributed by atoms with Gasteiger partial charge in [0.05, 0.1) is 6.10 Å². The van der Waals surface area contributed by atoms with Crippen LogP contribution in [0.25, 0.3) is 0 Å². The maximum absolute atomic E-state index is 5.36. The molecular formula is C6H14N2O. The second-order valence-electron chi connectivity index (χ2n) is 2.70.